The van der Waals surface area contributed by atoms with E-state index in [-0.39, 0.29) is 6.10 Å². The van der Waals surface area contributed by atoms with Crippen LogP contribution in [0.4, 0.5) is 0 Å². The Labute approximate surface area is 218 Å². The van der Waals surface area contributed by atoms with Crippen LogP contribution in [0.1, 0.15) is 107 Å². The molecule has 35 heavy (non-hydrogen) atoms. The molecular formula is C26H58O8Si. The van der Waals surface area contributed by atoms with Crippen molar-refractivity contribution in [3.63, 3.8) is 0 Å². The van der Waals surface area contributed by atoms with E-state index in [1.807, 2.05) is 55.4 Å². The van der Waals surface area contributed by atoms with Gasteiger partial charge in [0.25, 0.3) is 0 Å². The summed E-state index contributed by atoms with van der Waals surface area (Å²) in [5.74, 6) is -1.06. The van der Waals surface area contributed by atoms with Crippen LogP contribution in [0.3, 0.4) is 0 Å². The minimum atomic E-state index is -2.80. The van der Waals surface area contributed by atoms with Crippen molar-refractivity contribution >= 4 is 9.05 Å². The van der Waals surface area contributed by atoms with E-state index in [2.05, 4.69) is 6.92 Å². The zero-order valence-corrected chi connectivity index (χ0v) is 25.4. The van der Waals surface area contributed by atoms with E-state index in [1.165, 1.54) is 32.1 Å². The lowest BCUT2D eigenvalue weighted by molar-refractivity contribution is -0.415. The summed E-state index contributed by atoms with van der Waals surface area (Å²) in [5.41, 5.74) is 0. The third-order valence-corrected chi connectivity index (χ3v) is 7.47. The van der Waals surface area contributed by atoms with Gasteiger partial charge in [-0.1, -0.05) is 45.4 Å². The Balaban J connectivity index is 0. The smallest absolute Gasteiger partial charge is 0.370 e. The van der Waals surface area contributed by atoms with Crippen molar-refractivity contribution in [1.29, 1.82) is 0 Å². The Morgan fingerprint density at radius 3 is 1.23 bits per heavy atom. The molecule has 1 unspecified atom stereocenters. The lowest BCUT2D eigenvalue weighted by Gasteiger charge is -2.38. The van der Waals surface area contributed by atoms with Crippen molar-refractivity contribution in [3.8, 4) is 0 Å². The molecule has 0 fully saturated rings. The third kappa shape index (κ3) is 17.1. The third-order valence-electron chi connectivity index (χ3n) is 4.90. The maximum Gasteiger partial charge on any atom is 0.679 e. The van der Waals surface area contributed by atoms with Crippen LogP contribution in [0.2, 0.25) is 0 Å². The van der Waals surface area contributed by atoms with Crippen LogP contribution < -0.4 is 0 Å². The first kappa shape index (κ1) is 37.1. The Morgan fingerprint density at radius 2 is 0.886 bits per heavy atom. The van der Waals surface area contributed by atoms with E-state index in [9.17, 15) is 0 Å². The molecule has 1 atom stereocenters. The van der Waals surface area contributed by atoms with Crippen LogP contribution in [-0.4, -0.2) is 74.0 Å². The zero-order chi connectivity index (χ0) is 26.8. The highest BCUT2D eigenvalue weighted by atomic mass is 28.4. The molecule has 0 aliphatic carbocycles. The summed E-state index contributed by atoms with van der Waals surface area (Å²) < 4.78 is 45.2. The van der Waals surface area contributed by atoms with Crippen molar-refractivity contribution in [2.24, 2.45) is 0 Å². The van der Waals surface area contributed by atoms with Gasteiger partial charge in [0.05, 0.1) is 0 Å². The second-order valence-electron chi connectivity index (χ2n) is 7.64. The van der Waals surface area contributed by atoms with Crippen LogP contribution in [0.5, 0.6) is 0 Å². The predicted molar refractivity (Wildman–Crippen MR) is 143 cm³/mol. The number of rotatable bonds is 24. The summed E-state index contributed by atoms with van der Waals surface area (Å²) in [6.07, 6.45) is 8.29. The molecule has 8 nitrogen and oxygen atoms in total. The zero-order valence-electron chi connectivity index (χ0n) is 24.4. The summed E-state index contributed by atoms with van der Waals surface area (Å²) in [5, 5.41) is 0. The molecule has 0 heterocycles. The van der Waals surface area contributed by atoms with Gasteiger partial charge < -0.3 is 36.7 Å². The maximum atomic E-state index is 5.92. The highest BCUT2D eigenvalue weighted by molar-refractivity contribution is 6.53. The maximum absolute atomic E-state index is 5.92. The molecule has 0 N–H and O–H groups in total. The van der Waals surface area contributed by atoms with Crippen LogP contribution in [-0.2, 0) is 36.7 Å². The molecule has 0 rings (SSSR count). The first-order valence-corrected chi connectivity index (χ1v) is 15.7. The molecule has 0 aromatic carbocycles. The molecule has 0 amide bonds. The molecule has 0 bridgehead atoms. The van der Waals surface area contributed by atoms with E-state index >= 15 is 0 Å². The van der Waals surface area contributed by atoms with Gasteiger partial charge in [-0.25, -0.2) is 0 Å². The molecule has 0 aliphatic heterocycles. The van der Waals surface area contributed by atoms with Gasteiger partial charge in [0, 0.05) is 52.9 Å². The Morgan fingerprint density at radius 1 is 0.486 bits per heavy atom. The second kappa shape index (κ2) is 25.5. The van der Waals surface area contributed by atoms with E-state index in [4.69, 9.17) is 36.7 Å². The summed E-state index contributed by atoms with van der Waals surface area (Å²) in [4.78, 5) is 0. The van der Waals surface area contributed by atoms with E-state index in [1.54, 1.807) is 0 Å². The Kier molecular flexibility index (Phi) is 27.0. The van der Waals surface area contributed by atoms with Crippen molar-refractivity contribution in [2.75, 3.05) is 52.9 Å². The van der Waals surface area contributed by atoms with Crippen LogP contribution in [0.25, 0.3) is 0 Å². The molecule has 0 radical (unpaired) electrons. The van der Waals surface area contributed by atoms with Gasteiger partial charge in [0.1, 0.15) is 6.10 Å². The fourth-order valence-electron chi connectivity index (χ4n) is 3.64. The standard InChI is InChI=1S/C18H38O4.C8H20O4Si/c1-6-11-12-13-14-15-16-17(19-7-2)18(20-8-3,21-9-4)22-10-5;1-5-9-13(10-6-2,11-7-3)12-8-4/h17H,6-16H2,1-5H3;5-8H2,1-4H3. The number of ether oxygens (including phenoxy) is 4. The summed E-state index contributed by atoms with van der Waals surface area (Å²) in [7, 11) is -2.80. The molecule has 0 spiro atoms. The Bertz CT molecular complexity index is 382. The number of hydrogen-bond acceptors (Lipinski definition) is 8. The van der Waals surface area contributed by atoms with Gasteiger partial charge in [-0.15, -0.1) is 0 Å². The first-order valence-electron chi connectivity index (χ1n) is 14.0. The number of hydrogen-bond donors (Lipinski definition) is 0. The number of unbranched alkanes of at least 4 members (excludes halogenated alkanes) is 5. The SMILES string of the molecule is CCCCCCCCC(OCC)C(OCC)(OCC)OCC.CCO[Si](OCC)(OCC)OCC. The summed E-state index contributed by atoms with van der Waals surface area (Å²) >= 11 is 0. The van der Waals surface area contributed by atoms with Gasteiger partial charge in [-0.2, -0.15) is 0 Å². The average Bonchev–Trinajstić information content (AvgIpc) is 2.82. The molecule has 0 saturated heterocycles. The van der Waals surface area contributed by atoms with Crippen LogP contribution in [0.15, 0.2) is 0 Å². The molecule has 214 valence electrons. The molecule has 9 heteroatoms. The van der Waals surface area contributed by atoms with Crippen molar-refractivity contribution in [2.45, 2.75) is 119 Å². The topological polar surface area (TPSA) is 73.8 Å². The fourth-order valence-corrected chi connectivity index (χ4v) is 5.55. The second-order valence-corrected chi connectivity index (χ2v) is 9.79. The van der Waals surface area contributed by atoms with Crippen molar-refractivity contribution in [1.82, 2.24) is 0 Å². The monoisotopic (exact) mass is 526 g/mol. The van der Waals surface area contributed by atoms with Gasteiger partial charge in [0.15, 0.2) is 0 Å². The summed E-state index contributed by atoms with van der Waals surface area (Å²) in [6.45, 7) is 22.2. The van der Waals surface area contributed by atoms with Gasteiger partial charge in [-0.3, -0.25) is 0 Å². The first-order chi connectivity index (χ1) is 16.9. The largest absolute Gasteiger partial charge is 0.679 e. The molecule has 0 aromatic rings. The van der Waals surface area contributed by atoms with E-state index in [0.29, 0.717) is 52.9 Å². The van der Waals surface area contributed by atoms with Gasteiger partial charge in [0.2, 0.25) is 0 Å². The van der Waals surface area contributed by atoms with Crippen LogP contribution in [0, 0.1) is 0 Å². The normalized spacial score (nSPS) is 12.9. The molecule has 0 aromatic heterocycles. The minimum Gasteiger partial charge on any atom is -0.370 e. The van der Waals surface area contributed by atoms with E-state index in [0.717, 1.165) is 12.8 Å². The molecule has 0 aliphatic rings. The lowest BCUT2D eigenvalue weighted by atomic mass is 10.1. The van der Waals surface area contributed by atoms with Crippen LogP contribution >= 0.6 is 0 Å². The highest BCUT2D eigenvalue weighted by Gasteiger charge is 2.44. The Hall–Kier alpha value is -0.103. The molecule has 0 saturated carbocycles. The predicted octanol–water partition coefficient (Wildman–Crippen LogP) is 6.47. The van der Waals surface area contributed by atoms with Gasteiger partial charge in [-0.05, 0) is 61.8 Å². The fraction of sp³-hybridized carbons (Fsp3) is 1.00. The van der Waals surface area contributed by atoms with E-state index < -0.39 is 15.0 Å². The van der Waals surface area contributed by atoms with Gasteiger partial charge >= 0.3 is 15.0 Å². The minimum absolute atomic E-state index is 0.177. The molecular weight excluding hydrogens is 468 g/mol. The lowest BCUT2D eigenvalue weighted by Crippen LogP contribution is -2.51. The average molecular weight is 527 g/mol. The highest BCUT2D eigenvalue weighted by Crippen LogP contribution is 2.27. The van der Waals surface area contributed by atoms with Crippen molar-refractivity contribution in [3.05, 3.63) is 0 Å². The quantitative estimate of drug-likeness (QED) is 0.0804. The van der Waals surface area contributed by atoms with Crippen molar-refractivity contribution < 1.29 is 36.7 Å². The summed E-state index contributed by atoms with van der Waals surface area (Å²) in [6, 6.07) is 0.